The van der Waals surface area contributed by atoms with E-state index in [1.165, 1.54) is 25.3 Å². The van der Waals surface area contributed by atoms with Crippen molar-refractivity contribution in [1.29, 1.82) is 0 Å². The average molecular weight is 445 g/mol. The summed E-state index contributed by atoms with van der Waals surface area (Å²) >= 11 is 6.12. The zero-order valence-corrected chi connectivity index (χ0v) is 18.0. The van der Waals surface area contributed by atoms with Crippen molar-refractivity contribution in [3.05, 3.63) is 88.4 Å². The van der Waals surface area contributed by atoms with E-state index in [0.717, 1.165) is 11.1 Å². The molecule has 0 fully saturated rings. The lowest BCUT2D eigenvalue weighted by Gasteiger charge is -2.13. The summed E-state index contributed by atoms with van der Waals surface area (Å²) in [5, 5.41) is 2.78. The topological polar surface area (TPSA) is 84.5 Å². The molecule has 30 heavy (non-hydrogen) atoms. The van der Waals surface area contributed by atoms with Gasteiger partial charge in [0.1, 0.15) is 10.6 Å². The molecular weight excluding hydrogens is 424 g/mol. The minimum Gasteiger partial charge on any atom is -0.495 e. The van der Waals surface area contributed by atoms with Crippen molar-refractivity contribution < 1.29 is 17.9 Å². The average Bonchev–Trinajstić information content (AvgIpc) is 2.73. The van der Waals surface area contributed by atoms with Gasteiger partial charge >= 0.3 is 0 Å². The molecule has 0 aliphatic carbocycles. The van der Waals surface area contributed by atoms with Gasteiger partial charge in [-0.25, -0.2) is 13.1 Å². The van der Waals surface area contributed by atoms with Crippen molar-refractivity contribution in [3.63, 3.8) is 0 Å². The van der Waals surface area contributed by atoms with Crippen LogP contribution in [0.3, 0.4) is 0 Å². The van der Waals surface area contributed by atoms with E-state index in [1.807, 2.05) is 43.3 Å². The highest BCUT2D eigenvalue weighted by atomic mass is 35.5. The molecule has 0 aromatic heterocycles. The number of anilines is 1. The Labute approximate surface area is 180 Å². The number of hydrogen-bond acceptors (Lipinski definition) is 4. The number of rotatable bonds is 7. The zero-order valence-electron chi connectivity index (χ0n) is 16.5. The fourth-order valence-electron chi connectivity index (χ4n) is 2.82. The molecule has 156 valence electrons. The summed E-state index contributed by atoms with van der Waals surface area (Å²) in [7, 11) is -2.42. The normalized spacial score (nSPS) is 11.2. The lowest BCUT2D eigenvalue weighted by Crippen LogP contribution is -2.24. The first kappa shape index (κ1) is 21.8. The molecule has 0 aliphatic rings. The number of methoxy groups -OCH3 is 1. The predicted octanol–water partition coefficient (Wildman–Crippen LogP) is 4.39. The molecule has 1 amide bonds. The Balaban J connectivity index is 1.84. The lowest BCUT2D eigenvalue weighted by atomic mass is 10.1. The third-order valence-electron chi connectivity index (χ3n) is 4.40. The first-order chi connectivity index (χ1) is 14.3. The van der Waals surface area contributed by atoms with Crippen LogP contribution in [-0.2, 0) is 16.6 Å². The van der Waals surface area contributed by atoms with Gasteiger partial charge in [-0.15, -0.1) is 0 Å². The summed E-state index contributed by atoms with van der Waals surface area (Å²) in [6.45, 7) is 2.00. The first-order valence-corrected chi connectivity index (χ1v) is 11.0. The van der Waals surface area contributed by atoms with Gasteiger partial charge in [-0.3, -0.25) is 4.79 Å². The molecule has 2 N–H and O–H groups in total. The van der Waals surface area contributed by atoms with E-state index >= 15 is 0 Å². The van der Waals surface area contributed by atoms with Crippen molar-refractivity contribution in [2.75, 3.05) is 12.4 Å². The second-order valence-electron chi connectivity index (χ2n) is 6.61. The quantitative estimate of drug-likeness (QED) is 0.566. The second kappa shape index (κ2) is 9.30. The van der Waals surface area contributed by atoms with Crippen molar-refractivity contribution in [2.24, 2.45) is 0 Å². The standard InChI is InChI=1S/C22H21ClN2O4S/c1-15-8-11-20(29-2)19(12-15)25-22(26)17-9-10-18(23)21(13-17)30(27,28)24-14-16-6-4-3-5-7-16/h3-13,24H,14H2,1-2H3,(H,25,26). The number of sulfonamides is 1. The van der Waals surface area contributed by atoms with Gasteiger partial charge < -0.3 is 10.1 Å². The Morgan fingerprint density at radius 1 is 1.03 bits per heavy atom. The molecule has 3 rings (SSSR count). The fraction of sp³-hybridized carbons (Fsp3) is 0.136. The van der Waals surface area contributed by atoms with Crippen molar-refractivity contribution in [1.82, 2.24) is 4.72 Å². The number of halogens is 1. The van der Waals surface area contributed by atoms with Crippen LogP contribution in [0.4, 0.5) is 5.69 Å². The van der Waals surface area contributed by atoms with Gasteiger partial charge in [-0.1, -0.05) is 48.0 Å². The minimum absolute atomic E-state index is 0.0280. The van der Waals surface area contributed by atoms with E-state index in [-0.39, 0.29) is 22.0 Å². The lowest BCUT2D eigenvalue weighted by molar-refractivity contribution is 0.102. The van der Waals surface area contributed by atoms with Gasteiger partial charge in [0.2, 0.25) is 10.0 Å². The second-order valence-corrected chi connectivity index (χ2v) is 8.76. The number of nitrogens with one attached hydrogen (secondary N) is 2. The summed E-state index contributed by atoms with van der Waals surface area (Å²) < 4.78 is 33.3. The Hall–Kier alpha value is -2.87. The molecule has 0 unspecified atom stereocenters. The summed E-state index contributed by atoms with van der Waals surface area (Å²) in [5.74, 6) is 0.0235. The fourth-order valence-corrected chi connectivity index (χ4v) is 4.36. The van der Waals surface area contributed by atoms with E-state index in [2.05, 4.69) is 10.0 Å². The largest absolute Gasteiger partial charge is 0.495 e. The summed E-state index contributed by atoms with van der Waals surface area (Å²) in [6.07, 6.45) is 0. The molecule has 0 saturated carbocycles. The molecule has 0 atom stereocenters. The van der Waals surface area contributed by atoms with Crippen LogP contribution in [0, 0.1) is 6.92 Å². The molecule has 0 bridgehead atoms. The van der Waals surface area contributed by atoms with Gasteiger partial charge in [-0.05, 0) is 48.4 Å². The molecule has 3 aromatic carbocycles. The highest BCUT2D eigenvalue weighted by molar-refractivity contribution is 7.89. The summed E-state index contributed by atoms with van der Waals surface area (Å²) in [4.78, 5) is 12.6. The number of hydrogen-bond donors (Lipinski definition) is 2. The maximum absolute atomic E-state index is 12.8. The molecule has 0 saturated heterocycles. The number of carbonyl (C=O) groups excluding carboxylic acids is 1. The molecule has 3 aromatic rings. The summed E-state index contributed by atoms with van der Waals surface area (Å²) in [6, 6.07) is 18.6. The third kappa shape index (κ3) is 5.18. The molecule has 0 aliphatic heterocycles. The third-order valence-corrected chi connectivity index (χ3v) is 6.28. The molecule has 8 heteroatoms. The minimum atomic E-state index is -3.92. The molecule has 0 heterocycles. The van der Waals surface area contributed by atoms with Crippen LogP contribution in [0.25, 0.3) is 0 Å². The van der Waals surface area contributed by atoms with Crippen LogP contribution in [0.15, 0.2) is 71.6 Å². The number of amides is 1. The van der Waals surface area contributed by atoms with Crippen molar-refractivity contribution in [2.45, 2.75) is 18.4 Å². The van der Waals surface area contributed by atoms with E-state index in [9.17, 15) is 13.2 Å². The first-order valence-electron chi connectivity index (χ1n) is 9.09. The number of carbonyl (C=O) groups is 1. The van der Waals surface area contributed by atoms with Gasteiger partial charge in [0.25, 0.3) is 5.91 Å². The SMILES string of the molecule is COc1ccc(C)cc1NC(=O)c1ccc(Cl)c(S(=O)(=O)NCc2ccccc2)c1. The predicted molar refractivity (Wildman–Crippen MR) is 118 cm³/mol. The van der Waals surface area contributed by atoms with E-state index < -0.39 is 15.9 Å². The highest BCUT2D eigenvalue weighted by Gasteiger charge is 2.20. The Morgan fingerprint density at radius 3 is 2.47 bits per heavy atom. The van der Waals surface area contributed by atoms with Crippen LogP contribution in [0.2, 0.25) is 5.02 Å². The maximum Gasteiger partial charge on any atom is 0.255 e. The molecule has 6 nitrogen and oxygen atoms in total. The molecular formula is C22H21ClN2O4S. The highest BCUT2D eigenvalue weighted by Crippen LogP contribution is 2.27. The molecule has 0 spiro atoms. The van der Waals surface area contributed by atoms with Gasteiger partial charge in [0.05, 0.1) is 17.8 Å². The van der Waals surface area contributed by atoms with E-state index in [1.54, 1.807) is 12.1 Å². The number of aryl methyl sites for hydroxylation is 1. The van der Waals surface area contributed by atoms with Crippen LogP contribution in [0.1, 0.15) is 21.5 Å². The van der Waals surface area contributed by atoms with E-state index in [0.29, 0.717) is 11.4 Å². The number of benzene rings is 3. The summed E-state index contributed by atoms with van der Waals surface area (Å²) in [5.41, 5.74) is 2.39. The van der Waals surface area contributed by atoms with Gasteiger partial charge in [0, 0.05) is 12.1 Å². The Bertz CT molecular complexity index is 1170. The van der Waals surface area contributed by atoms with Gasteiger partial charge in [0.15, 0.2) is 0 Å². The van der Waals surface area contributed by atoms with Gasteiger partial charge in [-0.2, -0.15) is 0 Å². The smallest absolute Gasteiger partial charge is 0.255 e. The zero-order chi connectivity index (χ0) is 21.7. The number of ether oxygens (including phenoxy) is 1. The van der Waals surface area contributed by atoms with Crippen LogP contribution in [-0.4, -0.2) is 21.4 Å². The maximum atomic E-state index is 12.8. The van der Waals surface area contributed by atoms with Crippen LogP contribution < -0.4 is 14.8 Å². The van der Waals surface area contributed by atoms with Crippen molar-refractivity contribution >= 4 is 33.2 Å². The van der Waals surface area contributed by atoms with Crippen molar-refractivity contribution in [3.8, 4) is 5.75 Å². The van der Waals surface area contributed by atoms with E-state index in [4.69, 9.17) is 16.3 Å². The van der Waals surface area contributed by atoms with Crippen LogP contribution >= 0.6 is 11.6 Å². The molecule has 0 radical (unpaired) electrons. The Morgan fingerprint density at radius 2 is 1.77 bits per heavy atom. The van der Waals surface area contributed by atoms with Crippen LogP contribution in [0.5, 0.6) is 5.75 Å². The monoisotopic (exact) mass is 444 g/mol. The Kier molecular flexibility index (Phi) is 6.77.